The predicted octanol–water partition coefficient (Wildman–Crippen LogP) is 0.844. The second-order valence-electron chi connectivity index (χ2n) is 4.27. The summed E-state index contributed by atoms with van der Waals surface area (Å²) in [6, 6.07) is 7.24. The summed E-state index contributed by atoms with van der Waals surface area (Å²) in [6.07, 6.45) is 0.483. The largest absolute Gasteiger partial charge is 0.496 e. The molecule has 1 unspecified atom stereocenters. The first-order valence-electron chi connectivity index (χ1n) is 6.41. The summed E-state index contributed by atoms with van der Waals surface area (Å²) in [5.74, 6) is 0.573. The number of methoxy groups -OCH3 is 1. The van der Waals surface area contributed by atoms with Crippen molar-refractivity contribution < 1.29 is 14.6 Å². The molecule has 3 N–H and O–H groups in total. The Morgan fingerprint density at radius 3 is 2.84 bits per heavy atom. The lowest BCUT2D eigenvalue weighted by atomic mass is 10.1. The maximum atomic E-state index is 11.5. The Balaban J connectivity index is 2.42. The van der Waals surface area contributed by atoms with Gasteiger partial charge in [-0.25, -0.2) is 0 Å². The third-order valence-corrected chi connectivity index (χ3v) is 2.82. The summed E-state index contributed by atoms with van der Waals surface area (Å²) in [4.78, 5) is 11.5. The van der Waals surface area contributed by atoms with Crippen molar-refractivity contribution in [1.29, 1.82) is 0 Å². The first-order valence-corrected chi connectivity index (χ1v) is 6.41. The van der Waals surface area contributed by atoms with Gasteiger partial charge in [0, 0.05) is 18.5 Å². The fourth-order valence-electron chi connectivity index (χ4n) is 1.78. The molecule has 0 aliphatic carbocycles. The van der Waals surface area contributed by atoms with Crippen LogP contribution in [0.1, 0.15) is 24.5 Å². The first-order chi connectivity index (χ1) is 9.19. The van der Waals surface area contributed by atoms with Gasteiger partial charge in [0.2, 0.25) is 5.91 Å². The third-order valence-electron chi connectivity index (χ3n) is 2.82. The quantitative estimate of drug-likeness (QED) is 0.610. The molecule has 0 aromatic heterocycles. The minimum atomic E-state index is -0.760. The van der Waals surface area contributed by atoms with Crippen LogP contribution in [0, 0.1) is 0 Å². The average molecular weight is 266 g/mol. The molecule has 19 heavy (non-hydrogen) atoms. The Morgan fingerprint density at radius 2 is 2.16 bits per heavy atom. The highest BCUT2D eigenvalue weighted by atomic mass is 16.5. The molecular formula is C14H22N2O3. The Bertz CT molecular complexity index is 396. The number of hydrogen-bond donors (Lipinski definition) is 3. The van der Waals surface area contributed by atoms with Gasteiger partial charge in [-0.2, -0.15) is 0 Å². The van der Waals surface area contributed by atoms with Crippen LogP contribution in [-0.2, 0) is 4.79 Å². The Kier molecular flexibility index (Phi) is 6.92. The molecule has 0 aliphatic rings. The molecule has 106 valence electrons. The fourth-order valence-corrected chi connectivity index (χ4v) is 1.78. The van der Waals surface area contributed by atoms with Gasteiger partial charge < -0.3 is 20.5 Å². The van der Waals surface area contributed by atoms with Gasteiger partial charge >= 0.3 is 0 Å². The van der Waals surface area contributed by atoms with Gasteiger partial charge in [0.1, 0.15) is 5.75 Å². The number of benzene rings is 1. The number of nitrogens with one attached hydrogen (secondary N) is 2. The second-order valence-corrected chi connectivity index (χ2v) is 4.27. The number of aliphatic hydroxyl groups is 1. The van der Waals surface area contributed by atoms with E-state index in [1.807, 2.05) is 19.2 Å². The van der Waals surface area contributed by atoms with Gasteiger partial charge in [-0.15, -0.1) is 0 Å². The minimum absolute atomic E-state index is 0.0517. The van der Waals surface area contributed by atoms with Crippen LogP contribution in [0.3, 0.4) is 0 Å². The molecule has 0 spiro atoms. The maximum absolute atomic E-state index is 11.5. The standard InChI is InChI=1S/C14H22N2O3/c1-15-9-5-8-14(18)16-10-12(17)11-6-3-4-7-13(11)19-2/h3-4,6-7,12,15,17H,5,8-10H2,1-2H3,(H,16,18). The SMILES string of the molecule is CNCCCC(=O)NCC(O)c1ccccc1OC. The third kappa shape index (κ3) is 5.28. The summed E-state index contributed by atoms with van der Waals surface area (Å²) < 4.78 is 5.17. The summed E-state index contributed by atoms with van der Waals surface area (Å²) in [6.45, 7) is 1.00. The van der Waals surface area contributed by atoms with Crippen molar-refractivity contribution in [3.63, 3.8) is 0 Å². The Hall–Kier alpha value is -1.59. The number of para-hydroxylation sites is 1. The minimum Gasteiger partial charge on any atom is -0.496 e. The zero-order valence-electron chi connectivity index (χ0n) is 11.5. The molecule has 1 amide bonds. The number of carbonyl (C=O) groups is 1. The number of hydrogen-bond acceptors (Lipinski definition) is 4. The molecule has 0 saturated carbocycles. The van der Waals surface area contributed by atoms with E-state index in [9.17, 15) is 9.90 Å². The van der Waals surface area contributed by atoms with Gasteiger partial charge in [0.15, 0.2) is 0 Å². The van der Waals surface area contributed by atoms with Crippen molar-refractivity contribution in [2.45, 2.75) is 18.9 Å². The molecule has 0 aliphatic heterocycles. The van der Waals surface area contributed by atoms with E-state index in [-0.39, 0.29) is 12.5 Å². The molecule has 0 heterocycles. The highest BCUT2D eigenvalue weighted by molar-refractivity contribution is 5.75. The highest BCUT2D eigenvalue weighted by Crippen LogP contribution is 2.23. The lowest BCUT2D eigenvalue weighted by Gasteiger charge is -2.15. The van der Waals surface area contributed by atoms with Gasteiger partial charge in [-0.1, -0.05) is 18.2 Å². The Labute approximate surface area is 114 Å². The van der Waals surface area contributed by atoms with Crippen molar-refractivity contribution in [1.82, 2.24) is 10.6 Å². The molecule has 5 nitrogen and oxygen atoms in total. The normalized spacial score (nSPS) is 11.9. The van der Waals surface area contributed by atoms with Crippen molar-refractivity contribution in [2.75, 3.05) is 27.2 Å². The summed E-state index contributed by atoms with van der Waals surface area (Å²) in [5.41, 5.74) is 0.681. The maximum Gasteiger partial charge on any atom is 0.220 e. The molecular weight excluding hydrogens is 244 g/mol. The topological polar surface area (TPSA) is 70.6 Å². The fraction of sp³-hybridized carbons (Fsp3) is 0.500. The molecule has 0 fully saturated rings. The van der Waals surface area contributed by atoms with E-state index in [2.05, 4.69) is 10.6 Å². The molecule has 0 radical (unpaired) electrons. The van der Waals surface area contributed by atoms with Crippen LogP contribution in [0.5, 0.6) is 5.75 Å². The van der Waals surface area contributed by atoms with Gasteiger partial charge in [0.25, 0.3) is 0 Å². The van der Waals surface area contributed by atoms with Crippen LogP contribution in [-0.4, -0.2) is 38.3 Å². The van der Waals surface area contributed by atoms with E-state index in [1.165, 1.54) is 0 Å². The molecule has 1 atom stereocenters. The van der Waals surface area contributed by atoms with Crippen molar-refractivity contribution in [2.24, 2.45) is 0 Å². The summed E-state index contributed by atoms with van der Waals surface area (Å²) in [7, 11) is 3.41. The van der Waals surface area contributed by atoms with Gasteiger partial charge in [0.05, 0.1) is 13.2 Å². The predicted molar refractivity (Wildman–Crippen MR) is 74.1 cm³/mol. The van der Waals surface area contributed by atoms with Crippen LogP contribution < -0.4 is 15.4 Å². The monoisotopic (exact) mass is 266 g/mol. The molecule has 1 aromatic carbocycles. The second kappa shape index (κ2) is 8.50. The number of rotatable bonds is 8. The molecule has 5 heteroatoms. The number of amides is 1. The smallest absolute Gasteiger partial charge is 0.220 e. The van der Waals surface area contributed by atoms with Crippen LogP contribution >= 0.6 is 0 Å². The lowest BCUT2D eigenvalue weighted by Crippen LogP contribution is -2.28. The zero-order chi connectivity index (χ0) is 14.1. The average Bonchev–Trinajstić information content (AvgIpc) is 2.45. The van der Waals surface area contributed by atoms with Gasteiger partial charge in [-0.3, -0.25) is 4.79 Å². The van der Waals surface area contributed by atoms with Crippen molar-refractivity contribution in [3.8, 4) is 5.75 Å². The van der Waals surface area contributed by atoms with Gasteiger partial charge in [-0.05, 0) is 26.1 Å². The van der Waals surface area contributed by atoms with E-state index in [0.717, 1.165) is 13.0 Å². The van der Waals surface area contributed by atoms with E-state index >= 15 is 0 Å². The van der Waals surface area contributed by atoms with Crippen molar-refractivity contribution in [3.05, 3.63) is 29.8 Å². The number of aliphatic hydroxyl groups excluding tert-OH is 1. The summed E-state index contributed by atoms with van der Waals surface area (Å²) in [5, 5.41) is 15.7. The number of ether oxygens (including phenoxy) is 1. The molecule has 1 aromatic rings. The van der Waals surface area contributed by atoms with E-state index < -0.39 is 6.10 Å². The first kappa shape index (κ1) is 15.5. The van der Waals surface area contributed by atoms with Crippen LogP contribution in [0.4, 0.5) is 0 Å². The van der Waals surface area contributed by atoms with Crippen molar-refractivity contribution >= 4 is 5.91 Å². The van der Waals surface area contributed by atoms with Crippen LogP contribution in [0.15, 0.2) is 24.3 Å². The van der Waals surface area contributed by atoms with E-state index in [4.69, 9.17) is 4.74 Å². The molecule has 1 rings (SSSR count). The number of carbonyl (C=O) groups excluding carboxylic acids is 1. The van der Waals surface area contributed by atoms with E-state index in [0.29, 0.717) is 17.7 Å². The van der Waals surface area contributed by atoms with Crippen LogP contribution in [0.2, 0.25) is 0 Å². The van der Waals surface area contributed by atoms with E-state index in [1.54, 1.807) is 19.2 Å². The highest BCUT2D eigenvalue weighted by Gasteiger charge is 2.13. The summed E-state index contributed by atoms with van der Waals surface area (Å²) >= 11 is 0. The molecule has 0 saturated heterocycles. The van der Waals surface area contributed by atoms with Crippen LogP contribution in [0.25, 0.3) is 0 Å². The Morgan fingerprint density at radius 1 is 1.42 bits per heavy atom. The molecule has 0 bridgehead atoms. The lowest BCUT2D eigenvalue weighted by molar-refractivity contribution is -0.121. The zero-order valence-corrected chi connectivity index (χ0v) is 11.5.